The second-order valence-corrected chi connectivity index (χ2v) is 6.29. The van der Waals surface area contributed by atoms with E-state index in [0.717, 1.165) is 11.3 Å². The van der Waals surface area contributed by atoms with Crippen molar-refractivity contribution in [3.63, 3.8) is 0 Å². The number of hydrogen-bond acceptors (Lipinski definition) is 2. The van der Waals surface area contributed by atoms with E-state index in [1.54, 1.807) is 4.90 Å². The molecule has 0 saturated carbocycles. The van der Waals surface area contributed by atoms with Gasteiger partial charge in [0.05, 0.1) is 11.6 Å². The molecule has 0 bridgehead atoms. The molecule has 1 unspecified atom stereocenters. The molecule has 3 rings (SSSR count). The molecular weight excluding hydrogens is 331 g/mol. The van der Waals surface area contributed by atoms with Gasteiger partial charge in [-0.15, -0.1) is 0 Å². The number of benzene rings is 2. The lowest BCUT2D eigenvalue weighted by Crippen LogP contribution is -2.28. The minimum absolute atomic E-state index is 0.0220. The Labute approximate surface area is 144 Å². The molecule has 4 nitrogen and oxygen atoms in total. The first kappa shape index (κ1) is 16.5. The molecule has 2 aromatic rings. The Morgan fingerprint density at radius 1 is 1.25 bits per heavy atom. The second-order valence-electron chi connectivity index (χ2n) is 5.85. The zero-order chi connectivity index (χ0) is 17.3. The van der Waals surface area contributed by atoms with Crippen LogP contribution in [-0.2, 0) is 9.59 Å². The standard InChI is InChI=1S/C18H16ClFN2O2/c1-11-2-5-14(6-3-11)22-10-12(8-17(22)23)18(24)21-16-9-13(19)4-7-15(16)20/h2-7,9,12H,8,10H2,1H3,(H,21,24). The van der Waals surface area contributed by atoms with Gasteiger partial charge in [-0.2, -0.15) is 0 Å². The molecule has 0 radical (unpaired) electrons. The molecule has 1 fully saturated rings. The minimum atomic E-state index is -0.563. The van der Waals surface area contributed by atoms with Gasteiger partial charge in [0.2, 0.25) is 11.8 Å². The van der Waals surface area contributed by atoms with E-state index >= 15 is 0 Å². The van der Waals surface area contributed by atoms with Gasteiger partial charge in [0.1, 0.15) is 5.82 Å². The van der Waals surface area contributed by atoms with Gasteiger partial charge in [0.25, 0.3) is 0 Å². The fraction of sp³-hybridized carbons (Fsp3) is 0.222. The fourth-order valence-corrected chi connectivity index (χ4v) is 2.86. The SMILES string of the molecule is Cc1ccc(N2CC(C(=O)Nc3cc(Cl)ccc3F)CC2=O)cc1. The highest BCUT2D eigenvalue weighted by Gasteiger charge is 2.35. The zero-order valence-corrected chi connectivity index (χ0v) is 13.8. The number of nitrogens with zero attached hydrogens (tertiary/aromatic N) is 1. The smallest absolute Gasteiger partial charge is 0.229 e. The third kappa shape index (κ3) is 3.41. The normalized spacial score (nSPS) is 17.2. The van der Waals surface area contributed by atoms with Gasteiger partial charge in [-0.3, -0.25) is 9.59 Å². The Bertz CT molecular complexity index is 792. The summed E-state index contributed by atoms with van der Waals surface area (Å²) in [5, 5.41) is 2.85. The van der Waals surface area contributed by atoms with Crippen molar-refractivity contribution in [1.82, 2.24) is 0 Å². The first-order valence-corrected chi connectivity index (χ1v) is 7.95. The molecule has 0 aromatic heterocycles. The van der Waals surface area contributed by atoms with Crippen LogP contribution in [0.15, 0.2) is 42.5 Å². The summed E-state index contributed by atoms with van der Waals surface area (Å²) in [6.45, 7) is 2.24. The van der Waals surface area contributed by atoms with Crippen molar-refractivity contribution in [2.45, 2.75) is 13.3 Å². The molecule has 2 amide bonds. The van der Waals surface area contributed by atoms with E-state index in [1.807, 2.05) is 31.2 Å². The number of carbonyl (C=O) groups is 2. The van der Waals surface area contributed by atoms with Gasteiger partial charge in [-0.05, 0) is 37.3 Å². The molecule has 1 heterocycles. The quantitative estimate of drug-likeness (QED) is 0.919. The van der Waals surface area contributed by atoms with Gasteiger partial charge in [0.15, 0.2) is 0 Å². The molecule has 1 aliphatic heterocycles. The first-order chi connectivity index (χ1) is 11.4. The summed E-state index contributed by atoms with van der Waals surface area (Å²) in [5.74, 6) is -1.60. The van der Waals surface area contributed by atoms with Crippen LogP contribution in [-0.4, -0.2) is 18.4 Å². The van der Waals surface area contributed by atoms with E-state index in [2.05, 4.69) is 5.32 Å². The van der Waals surface area contributed by atoms with Crippen LogP contribution in [0, 0.1) is 18.7 Å². The van der Waals surface area contributed by atoms with Gasteiger partial charge in [-0.25, -0.2) is 4.39 Å². The number of hydrogen-bond donors (Lipinski definition) is 1. The van der Waals surface area contributed by atoms with Crippen LogP contribution >= 0.6 is 11.6 Å². The van der Waals surface area contributed by atoms with Crippen LogP contribution in [0.4, 0.5) is 15.8 Å². The van der Waals surface area contributed by atoms with Crippen molar-refractivity contribution in [2.24, 2.45) is 5.92 Å². The molecular formula is C18H16ClFN2O2. The number of halogens is 2. The summed E-state index contributed by atoms with van der Waals surface area (Å²) in [7, 11) is 0. The van der Waals surface area contributed by atoms with Crippen molar-refractivity contribution in [3.8, 4) is 0 Å². The minimum Gasteiger partial charge on any atom is -0.323 e. The average molecular weight is 347 g/mol. The van der Waals surface area contributed by atoms with Crippen molar-refractivity contribution in [3.05, 3.63) is 58.9 Å². The van der Waals surface area contributed by atoms with Crippen molar-refractivity contribution >= 4 is 34.8 Å². The number of nitrogens with one attached hydrogen (secondary N) is 1. The summed E-state index contributed by atoms with van der Waals surface area (Å²) >= 11 is 5.82. The van der Waals surface area contributed by atoms with Crippen LogP contribution in [0.3, 0.4) is 0 Å². The Morgan fingerprint density at radius 3 is 2.67 bits per heavy atom. The lowest BCUT2D eigenvalue weighted by Gasteiger charge is -2.17. The van der Waals surface area contributed by atoms with Crippen LogP contribution in [0.2, 0.25) is 5.02 Å². The average Bonchev–Trinajstić information content (AvgIpc) is 2.94. The zero-order valence-electron chi connectivity index (χ0n) is 13.1. The monoisotopic (exact) mass is 346 g/mol. The van der Waals surface area contributed by atoms with Crippen LogP contribution in [0.25, 0.3) is 0 Å². The number of anilines is 2. The maximum absolute atomic E-state index is 13.7. The van der Waals surface area contributed by atoms with Crippen LogP contribution in [0.1, 0.15) is 12.0 Å². The topological polar surface area (TPSA) is 49.4 Å². The Balaban J connectivity index is 1.72. The van der Waals surface area contributed by atoms with Crippen molar-refractivity contribution < 1.29 is 14.0 Å². The maximum atomic E-state index is 13.7. The molecule has 1 saturated heterocycles. The highest BCUT2D eigenvalue weighted by Crippen LogP contribution is 2.27. The van der Waals surface area contributed by atoms with Gasteiger partial charge in [0, 0.05) is 23.7 Å². The molecule has 24 heavy (non-hydrogen) atoms. The summed E-state index contributed by atoms with van der Waals surface area (Å²) in [6.07, 6.45) is 0.0991. The lowest BCUT2D eigenvalue weighted by atomic mass is 10.1. The van der Waals surface area contributed by atoms with E-state index < -0.39 is 11.7 Å². The predicted molar refractivity (Wildman–Crippen MR) is 91.7 cm³/mol. The first-order valence-electron chi connectivity index (χ1n) is 7.57. The number of aryl methyl sites for hydroxylation is 1. The van der Waals surface area contributed by atoms with Crippen molar-refractivity contribution in [2.75, 3.05) is 16.8 Å². The van der Waals surface area contributed by atoms with Crippen LogP contribution < -0.4 is 10.2 Å². The third-order valence-corrected chi connectivity index (χ3v) is 4.26. The maximum Gasteiger partial charge on any atom is 0.229 e. The molecule has 0 spiro atoms. The Hall–Kier alpha value is -2.40. The fourth-order valence-electron chi connectivity index (χ4n) is 2.69. The van der Waals surface area contributed by atoms with E-state index in [0.29, 0.717) is 5.02 Å². The Kier molecular flexibility index (Phi) is 4.53. The van der Waals surface area contributed by atoms with E-state index in [-0.39, 0.29) is 30.5 Å². The largest absolute Gasteiger partial charge is 0.323 e. The van der Waals surface area contributed by atoms with E-state index in [9.17, 15) is 14.0 Å². The number of carbonyl (C=O) groups excluding carboxylic acids is 2. The second kappa shape index (κ2) is 6.61. The predicted octanol–water partition coefficient (Wildman–Crippen LogP) is 3.78. The molecule has 6 heteroatoms. The highest BCUT2D eigenvalue weighted by atomic mass is 35.5. The highest BCUT2D eigenvalue weighted by molar-refractivity contribution is 6.30. The third-order valence-electron chi connectivity index (χ3n) is 4.03. The molecule has 1 N–H and O–H groups in total. The molecule has 2 aromatic carbocycles. The van der Waals surface area contributed by atoms with Gasteiger partial charge in [-0.1, -0.05) is 29.3 Å². The Morgan fingerprint density at radius 2 is 1.96 bits per heavy atom. The molecule has 0 aliphatic carbocycles. The lowest BCUT2D eigenvalue weighted by molar-refractivity contribution is -0.122. The number of amides is 2. The summed E-state index contributed by atoms with van der Waals surface area (Å²) in [5.41, 5.74) is 1.87. The van der Waals surface area contributed by atoms with E-state index in [1.165, 1.54) is 18.2 Å². The van der Waals surface area contributed by atoms with E-state index in [4.69, 9.17) is 11.6 Å². The summed E-state index contributed by atoms with van der Waals surface area (Å²) in [4.78, 5) is 26.1. The van der Waals surface area contributed by atoms with Crippen molar-refractivity contribution in [1.29, 1.82) is 0 Å². The summed E-state index contributed by atoms with van der Waals surface area (Å²) < 4.78 is 13.7. The molecule has 1 atom stereocenters. The van der Waals surface area contributed by atoms with Gasteiger partial charge < -0.3 is 10.2 Å². The number of rotatable bonds is 3. The van der Waals surface area contributed by atoms with Crippen LogP contribution in [0.5, 0.6) is 0 Å². The van der Waals surface area contributed by atoms with Gasteiger partial charge >= 0.3 is 0 Å². The molecule has 124 valence electrons. The summed E-state index contributed by atoms with van der Waals surface area (Å²) in [6, 6.07) is 11.5. The molecule has 1 aliphatic rings.